The van der Waals surface area contributed by atoms with Crippen LogP contribution in [0.15, 0.2) is 4.52 Å². The normalized spacial score (nSPS) is 23.5. The number of carbonyl (C=O) groups excluding carboxylic acids is 1. The number of carbonyl (C=O) groups is 1. The van der Waals surface area contributed by atoms with Gasteiger partial charge in [0.15, 0.2) is 0 Å². The Morgan fingerprint density at radius 1 is 1.29 bits per heavy atom. The second kappa shape index (κ2) is 7.48. The highest BCUT2D eigenvalue weighted by Crippen LogP contribution is 2.28. The van der Waals surface area contributed by atoms with E-state index in [9.17, 15) is 4.79 Å². The third-order valence-electron chi connectivity index (χ3n) is 4.86. The smallest absolute Gasteiger partial charge is 0.265 e. The number of aromatic nitrogens is 2. The number of ether oxygens (including phenoxy) is 1. The van der Waals surface area contributed by atoms with Crippen LogP contribution in [0.5, 0.6) is 0 Å². The number of nitrogens with zero attached hydrogens (tertiary/aromatic N) is 5. The molecule has 3 heterocycles. The van der Waals surface area contributed by atoms with Gasteiger partial charge in [-0.3, -0.25) is 9.69 Å². The molecule has 0 saturated carbocycles. The zero-order valence-corrected chi connectivity index (χ0v) is 14.8. The lowest BCUT2D eigenvalue weighted by Crippen LogP contribution is -2.52. The maximum absolute atomic E-state index is 12.7. The minimum absolute atomic E-state index is 0.117. The number of likely N-dealkylation sites (N-methyl/N-ethyl adjacent to an activating group) is 1. The van der Waals surface area contributed by atoms with Crippen molar-refractivity contribution >= 4 is 11.9 Å². The second-order valence-electron chi connectivity index (χ2n) is 6.68. The molecule has 2 aliphatic heterocycles. The number of piperidine rings is 1. The third-order valence-corrected chi connectivity index (χ3v) is 4.86. The van der Waals surface area contributed by atoms with Crippen LogP contribution in [0.2, 0.25) is 0 Å². The summed E-state index contributed by atoms with van der Waals surface area (Å²) in [4.78, 5) is 23.1. The van der Waals surface area contributed by atoms with E-state index in [1.807, 2.05) is 23.9 Å². The molecular formula is C16H27N5O3. The molecule has 24 heavy (non-hydrogen) atoms. The zero-order valence-electron chi connectivity index (χ0n) is 14.8. The van der Waals surface area contributed by atoms with E-state index in [0.717, 1.165) is 39.0 Å². The molecule has 1 atom stereocenters. The maximum atomic E-state index is 12.7. The number of rotatable bonds is 4. The summed E-state index contributed by atoms with van der Waals surface area (Å²) in [5.74, 6) is 1.62. The van der Waals surface area contributed by atoms with Crippen molar-refractivity contribution in [1.82, 2.24) is 19.9 Å². The predicted octanol–water partition coefficient (Wildman–Crippen LogP) is 0.562. The average Bonchev–Trinajstić information content (AvgIpc) is 3.12. The van der Waals surface area contributed by atoms with Crippen molar-refractivity contribution in [2.24, 2.45) is 0 Å². The number of amides is 1. The van der Waals surface area contributed by atoms with E-state index in [4.69, 9.17) is 9.26 Å². The van der Waals surface area contributed by atoms with Crippen LogP contribution in [0.3, 0.4) is 0 Å². The lowest BCUT2D eigenvalue weighted by atomic mass is 9.96. The fraction of sp³-hybridized carbons (Fsp3) is 0.812. The summed E-state index contributed by atoms with van der Waals surface area (Å²) >= 11 is 0. The monoisotopic (exact) mass is 337 g/mol. The first-order valence-electron chi connectivity index (χ1n) is 8.72. The highest BCUT2D eigenvalue weighted by atomic mass is 16.5. The van der Waals surface area contributed by atoms with Crippen molar-refractivity contribution in [3.63, 3.8) is 0 Å². The van der Waals surface area contributed by atoms with Gasteiger partial charge >= 0.3 is 0 Å². The van der Waals surface area contributed by atoms with Gasteiger partial charge in [0.05, 0.1) is 6.61 Å². The van der Waals surface area contributed by atoms with Gasteiger partial charge in [0.25, 0.3) is 11.9 Å². The van der Waals surface area contributed by atoms with Crippen LogP contribution in [0.25, 0.3) is 0 Å². The lowest BCUT2D eigenvalue weighted by Gasteiger charge is -2.36. The fourth-order valence-electron chi connectivity index (χ4n) is 3.26. The minimum Gasteiger partial charge on any atom is -0.366 e. The van der Waals surface area contributed by atoms with Gasteiger partial charge in [-0.1, -0.05) is 6.92 Å². The fourth-order valence-corrected chi connectivity index (χ4v) is 3.26. The summed E-state index contributed by atoms with van der Waals surface area (Å²) in [5.41, 5.74) is 0. The second-order valence-corrected chi connectivity index (χ2v) is 6.68. The Bertz CT molecular complexity index is 554. The summed E-state index contributed by atoms with van der Waals surface area (Å²) in [6, 6.07) is 0. The molecule has 0 bridgehead atoms. The maximum Gasteiger partial charge on any atom is 0.265 e. The molecule has 3 rings (SSSR count). The van der Waals surface area contributed by atoms with Gasteiger partial charge in [0.1, 0.15) is 6.10 Å². The number of likely N-dealkylation sites (tertiary alicyclic amines) is 1. The van der Waals surface area contributed by atoms with E-state index < -0.39 is 0 Å². The molecule has 0 unspecified atom stereocenters. The van der Waals surface area contributed by atoms with E-state index in [0.29, 0.717) is 25.0 Å². The summed E-state index contributed by atoms with van der Waals surface area (Å²) in [7, 11) is 3.78. The number of morpholine rings is 1. The van der Waals surface area contributed by atoms with Crippen LogP contribution in [0.4, 0.5) is 5.95 Å². The number of hydrogen-bond acceptors (Lipinski definition) is 7. The first-order chi connectivity index (χ1) is 11.6. The highest BCUT2D eigenvalue weighted by molar-refractivity contribution is 5.81. The molecule has 1 aromatic heterocycles. The first-order valence-corrected chi connectivity index (χ1v) is 8.72. The van der Waals surface area contributed by atoms with E-state index >= 15 is 0 Å². The van der Waals surface area contributed by atoms with Gasteiger partial charge in [-0.2, -0.15) is 4.98 Å². The van der Waals surface area contributed by atoms with Gasteiger partial charge < -0.3 is 19.1 Å². The first kappa shape index (κ1) is 17.2. The molecule has 134 valence electrons. The van der Waals surface area contributed by atoms with Gasteiger partial charge in [0.2, 0.25) is 5.89 Å². The Kier molecular flexibility index (Phi) is 5.35. The summed E-state index contributed by atoms with van der Waals surface area (Å²) < 4.78 is 11.1. The number of anilines is 1. The highest BCUT2D eigenvalue weighted by Gasteiger charge is 2.33. The Morgan fingerprint density at radius 2 is 2.04 bits per heavy atom. The molecule has 1 amide bonds. The van der Waals surface area contributed by atoms with Crippen molar-refractivity contribution in [2.45, 2.75) is 31.8 Å². The Morgan fingerprint density at radius 3 is 2.67 bits per heavy atom. The molecule has 2 saturated heterocycles. The Labute approximate surface area is 142 Å². The molecule has 0 aromatic carbocycles. The van der Waals surface area contributed by atoms with Gasteiger partial charge in [0, 0.05) is 46.2 Å². The Hall–Kier alpha value is -1.67. The molecule has 8 heteroatoms. The molecule has 0 spiro atoms. The van der Waals surface area contributed by atoms with Crippen molar-refractivity contribution in [1.29, 1.82) is 0 Å². The molecule has 0 aliphatic carbocycles. The van der Waals surface area contributed by atoms with E-state index in [1.54, 1.807) is 0 Å². The SMILES string of the molecule is CCN1CCO[C@H](C(=O)N2CCC(c3nc(N(C)C)no3)CC2)C1. The van der Waals surface area contributed by atoms with Crippen LogP contribution in [0, 0.1) is 0 Å². The predicted molar refractivity (Wildman–Crippen MR) is 89.0 cm³/mol. The third kappa shape index (κ3) is 3.70. The van der Waals surface area contributed by atoms with Gasteiger partial charge in [-0.25, -0.2) is 0 Å². The van der Waals surface area contributed by atoms with Crippen molar-refractivity contribution < 1.29 is 14.1 Å². The van der Waals surface area contributed by atoms with Crippen LogP contribution in [0.1, 0.15) is 31.6 Å². The van der Waals surface area contributed by atoms with Crippen LogP contribution < -0.4 is 4.90 Å². The van der Waals surface area contributed by atoms with E-state index in [-0.39, 0.29) is 17.9 Å². The van der Waals surface area contributed by atoms with Crippen LogP contribution in [-0.4, -0.2) is 85.4 Å². The van der Waals surface area contributed by atoms with Crippen molar-refractivity contribution in [2.75, 3.05) is 58.3 Å². The quantitative estimate of drug-likeness (QED) is 0.795. The topological polar surface area (TPSA) is 74.9 Å². The molecule has 2 fully saturated rings. The van der Waals surface area contributed by atoms with Crippen molar-refractivity contribution in [3.8, 4) is 0 Å². The molecule has 0 radical (unpaired) electrons. The summed E-state index contributed by atoms with van der Waals surface area (Å²) in [6.45, 7) is 6.75. The molecular weight excluding hydrogens is 310 g/mol. The molecule has 1 aromatic rings. The average molecular weight is 337 g/mol. The number of hydrogen-bond donors (Lipinski definition) is 0. The van der Waals surface area contributed by atoms with E-state index in [2.05, 4.69) is 22.0 Å². The molecule has 2 aliphatic rings. The van der Waals surface area contributed by atoms with Crippen molar-refractivity contribution in [3.05, 3.63) is 5.89 Å². The molecule has 0 N–H and O–H groups in total. The van der Waals surface area contributed by atoms with Gasteiger partial charge in [-0.15, -0.1) is 0 Å². The molecule has 8 nitrogen and oxygen atoms in total. The zero-order chi connectivity index (χ0) is 17.1. The summed E-state index contributed by atoms with van der Waals surface area (Å²) in [5, 5.41) is 3.97. The largest absolute Gasteiger partial charge is 0.366 e. The van der Waals surface area contributed by atoms with Crippen LogP contribution >= 0.6 is 0 Å². The minimum atomic E-state index is -0.320. The lowest BCUT2D eigenvalue weighted by molar-refractivity contribution is -0.150. The Balaban J connectivity index is 1.53. The van der Waals surface area contributed by atoms with E-state index in [1.165, 1.54) is 0 Å². The van der Waals surface area contributed by atoms with Crippen LogP contribution in [-0.2, 0) is 9.53 Å². The van der Waals surface area contributed by atoms with Gasteiger partial charge in [-0.05, 0) is 24.5 Å². The standard InChI is InChI=1S/C16H27N5O3/c1-4-20-9-10-23-13(11-20)15(22)21-7-5-12(6-8-21)14-17-16(18-24-14)19(2)3/h12-13H,4-11H2,1-3H3/t13-/m0/s1. The summed E-state index contributed by atoms with van der Waals surface area (Å²) in [6.07, 6.45) is 1.38.